The van der Waals surface area contributed by atoms with Crippen molar-refractivity contribution < 1.29 is 14.3 Å². The average molecular weight is 229 g/mol. The Morgan fingerprint density at radius 3 is 2.69 bits per heavy atom. The molecule has 0 aromatic heterocycles. The molecule has 2 atom stereocenters. The summed E-state index contributed by atoms with van der Waals surface area (Å²) in [5, 5.41) is 0. The summed E-state index contributed by atoms with van der Waals surface area (Å²) in [7, 11) is 3.21. The molecular formula is C12H23NO3. The second-order valence-corrected chi connectivity index (χ2v) is 4.32. The highest BCUT2D eigenvalue weighted by atomic mass is 16.5. The molecule has 4 heteroatoms. The molecule has 1 fully saturated rings. The summed E-state index contributed by atoms with van der Waals surface area (Å²) in [6.45, 7) is 3.36. The minimum atomic E-state index is -0.151. The molecule has 0 aromatic carbocycles. The second-order valence-electron chi connectivity index (χ2n) is 4.32. The lowest BCUT2D eigenvalue weighted by Gasteiger charge is -2.35. The molecule has 1 saturated carbocycles. The van der Waals surface area contributed by atoms with E-state index in [0.29, 0.717) is 18.7 Å². The van der Waals surface area contributed by atoms with Crippen LogP contribution in [0, 0.1) is 0 Å². The van der Waals surface area contributed by atoms with E-state index in [0.717, 1.165) is 25.8 Å². The summed E-state index contributed by atoms with van der Waals surface area (Å²) in [5.41, 5.74) is 0. The molecule has 2 unspecified atom stereocenters. The second kappa shape index (κ2) is 6.86. The standard InChI is InChI=1S/C12H23NO3/c1-4-13(9-12(14)16-3)10-6-5-7-11(8-10)15-2/h10-11H,4-9H2,1-3H3. The predicted octanol–water partition coefficient (Wildman–Crippen LogP) is 1.44. The Hall–Kier alpha value is -0.610. The van der Waals surface area contributed by atoms with Crippen molar-refractivity contribution in [1.82, 2.24) is 4.90 Å². The van der Waals surface area contributed by atoms with E-state index in [1.54, 1.807) is 7.11 Å². The maximum atomic E-state index is 11.3. The van der Waals surface area contributed by atoms with Crippen LogP contribution in [0.4, 0.5) is 0 Å². The largest absolute Gasteiger partial charge is 0.468 e. The third-order valence-corrected chi connectivity index (χ3v) is 3.41. The lowest BCUT2D eigenvalue weighted by atomic mass is 9.91. The van der Waals surface area contributed by atoms with Crippen LogP contribution in [-0.4, -0.2) is 50.3 Å². The molecule has 1 aliphatic rings. The van der Waals surface area contributed by atoms with Crippen LogP contribution in [0.25, 0.3) is 0 Å². The highest BCUT2D eigenvalue weighted by molar-refractivity contribution is 5.71. The van der Waals surface area contributed by atoms with Crippen LogP contribution in [0.15, 0.2) is 0 Å². The molecule has 0 aliphatic heterocycles. The smallest absolute Gasteiger partial charge is 0.319 e. The van der Waals surface area contributed by atoms with Gasteiger partial charge in [0.1, 0.15) is 0 Å². The minimum Gasteiger partial charge on any atom is -0.468 e. The Balaban J connectivity index is 2.48. The topological polar surface area (TPSA) is 38.8 Å². The number of carbonyl (C=O) groups is 1. The molecule has 1 rings (SSSR count). The number of hydrogen-bond acceptors (Lipinski definition) is 4. The zero-order valence-electron chi connectivity index (χ0n) is 10.6. The fraction of sp³-hybridized carbons (Fsp3) is 0.917. The number of rotatable bonds is 5. The van der Waals surface area contributed by atoms with Crippen molar-refractivity contribution >= 4 is 5.97 Å². The van der Waals surface area contributed by atoms with Crippen LogP contribution >= 0.6 is 0 Å². The van der Waals surface area contributed by atoms with Crippen LogP contribution in [0.2, 0.25) is 0 Å². The molecule has 0 radical (unpaired) electrons. The first-order chi connectivity index (χ1) is 7.71. The van der Waals surface area contributed by atoms with Gasteiger partial charge in [-0.2, -0.15) is 0 Å². The first-order valence-corrected chi connectivity index (χ1v) is 6.04. The summed E-state index contributed by atoms with van der Waals surface area (Å²) in [5.74, 6) is -0.151. The van der Waals surface area contributed by atoms with Crippen LogP contribution in [0.3, 0.4) is 0 Å². The molecule has 0 amide bonds. The monoisotopic (exact) mass is 229 g/mol. The van der Waals surface area contributed by atoms with Gasteiger partial charge in [-0.3, -0.25) is 9.69 Å². The Morgan fingerprint density at radius 2 is 2.12 bits per heavy atom. The van der Waals surface area contributed by atoms with E-state index in [-0.39, 0.29) is 5.97 Å². The van der Waals surface area contributed by atoms with E-state index in [1.165, 1.54) is 13.5 Å². The fourth-order valence-electron chi connectivity index (χ4n) is 2.40. The molecule has 0 heterocycles. The van der Waals surface area contributed by atoms with Crippen molar-refractivity contribution in [3.8, 4) is 0 Å². The van der Waals surface area contributed by atoms with E-state index in [1.807, 2.05) is 0 Å². The molecule has 16 heavy (non-hydrogen) atoms. The van der Waals surface area contributed by atoms with E-state index in [9.17, 15) is 4.79 Å². The van der Waals surface area contributed by atoms with Gasteiger partial charge in [-0.05, 0) is 32.2 Å². The molecule has 0 saturated heterocycles. The van der Waals surface area contributed by atoms with Gasteiger partial charge in [0, 0.05) is 13.2 Å². The maximum Gasteiger partial charge on any atom is 0.319 e. The van der Waals surface area contributed by atoms with Crippen molar-refractivity contribution in [3.05, 3.63) is 0 Å². The third-order valence-electron chi connectivity index (χ3n) is 3.41. The summed E-state index contributed by atoms with van der Waals surface area (Å²) < 4.78 is 10.1. The van der Waals surface area contributed by atoms with Gasteiger partial charge in [0.25, 0.3) is 0 Å². The van der Waals surface area contributed by atoms with Crippen molar-refractivity contribution in [2.75, 3.05) is 27.3 Å². The van der Waals surface area contributed by atoms with Gasteiger partial charge >= 0.3 is 5.97 Å². The number of nitrogens with zero attached hydrogens (tertiary/aromatic N) is 1. The zero-order chi connectivity index (χ0) is 12.0. The summed E-state index contributed by atoms with van der Waals surface area (Å²) in [4.78, 5) is 13.5. The SMILES string of the molecule is CCN(CC(=O)OC)C1CCCC(OC)C1. The van der Waals surface area contributed by atoms with Gasteiger partial charge in [0.2, 0.25) is 0 Å². The van der Waals surface area contributed by atoms with Gasteiger partial charge in [-0.15, -0.1) is 0 Å². The maximum absolute atomic E-state index is 11.3. The number of methoxy groups -OCH3 is 2. The summed E-state index contributed by atoms with van der Waals surface area (Å²) in [6, 6.07) is 0.461. The molecule has 0 N–H and O–H groups in total. The fourth-order valence-corrected chi connectivity index (χ4v) is 2.40. The lowest BCUT2D eigenvalue weighted by molar-refractivity contribution is -0.143. The summed E-state index contributed by atoms with van der Waals surface area (Å²) >= 11 is 0. The van der Waals surface area contributed by atoms with E-state index in [2.05, 4.69) is 11.8 Å². The van der Waals surface area contributed by atoms with Gasteiger partial charge in [-0.25, -0.2) is 0 Å². The zero-order valence-corrected chi connectivity index (χ0v) is 10.6. The minimum absolute atomic E-state index is 0.151. The molecule has 0 bridgehead atoms. The molecule has 4 nitrogen and oxygen atoms in total. The predicted molar refractivity (Wildman–Crippen MR) is 62.3 cm³/mol. The quantitative estimate of drug-likeness (QED) is 0.669. The van der Waals surface area contributed by atoms with Crippen LogP contribution in [-0.2, 0) is 14.3 Å². The van der Waals surface area contributed by atoms with Crippen molar-refractivity contribution in [3.63, 3.8) is 0 Å². The Labute approximate surface area is 97.9 Å². The normalized spacial score (nSPS) is 25.8. The Bertz CT molecular complexity index is 220. The van der Waals surface area contributed by atoms with Crippen molar-refractivity contribution in [1.29, 1.82) is 0 Å². The number of carbonyl (C=O) groups excluding carboxylic acids is 1. The number of hydrogen-bond donors (Lipinski definition) is 0. The van der Waals surface area contributed by atoms with Gasteiger partial charge in [0.05, 0.1) is 19.8 Å². The summed E-state index contributed by atoms with van der Waals surface area (Å²) in [6.07, 6.45) is 4.86. The van der Waals surface area contributed by atoms with Gasteiger partial charge < -0.3 is 9.47 Å². The van der Waals surface area contributed by atoms with Crippen molar-refractivity contribution in [2.45, 2.75) is 44.8 Å². The lowest BCUT2D eigenvalue weighted by Crippen LogP contribution is -2.43. The highest BCUT2D eigenvalue weighted by Gasteiger charge is 2.27. The van der Waals surface area contributed by atoms with Crippen molar-refractivity contribution in [2.24, 2.45) is 0 Å². The first-order valence-electron chi connectivity index (χ1n) is 6.04. The van der Waals surface area contributed by atoms with E-state index < -0.39 is 0 Å². The molecule has 94 valence electrons. The van der Waals surface area contributed by atoms with Gasteiger partial charge in [-0.1, -0.05) is 6.92 Å². The molecule has 0 aromatic rings. The molecule has 1 aliphatic carbocycles. The first kappa shape index (κ1) is 13.5. The third kappa shape index (κ3) is 3.76. The van der Waals surface area contributed by atoms with E-state index in [4.69, 9.17) is 9.47 Å². The van der Waals surface area contributed by atoms with Crippen LogP contribution in [0.1, 0.15) is 32.6 Å². The Kier molecular flexibility index (Phi) is 5.77. The number of ether oxygens (including phenoxy) is 2. The van der Waals surface area contributed by atoms with Gasteiger partial charge in [0.15, 0.2) is 0 Å². The molecular weight excluding hydrogens is 206 g/mol. The Morgan fingerprint density at radius 1 is 1.38 bits per heavy atom. The van der Waals surface area contributed by atoms with Crippen LogP contribution in [0.5, 0.6) is 0 Å². The number of likely N-dealkylation sites (N-methyl/N-ethyl adjacent to an activating group) is 1. The average Bonchev–Trinajstić information content (AvgIpc) is 2.35. The number of esters is 1. The van der Waals surface area contributed by atoms with Crippen LogP contribution < -0.4 is 0 Å². The highest BCUT2D eigenvalue weighted by Crippen LogP contribution is 2.24. The molecule has 0 spiro atoms. The van der Waals surface area contributed by atoms with E-state index >= 15 is 0 Å².